The third kappa shape index (κ3) is 11.8. The Morgan fingerprint density at radius 2 is 1.23 bits per heavy atom. The van der Waals surface area contributed by atoms with Crippen LogP contribution in [0.2, 0.25) is 0 Å². The zero-order chi connectivity index (χ0) is 47.7. The Morgan fingerprint density at radius 1 is 0.692 bits per heavy atom. The van der Waals surface area contributed by atoms with Gasteiger partial charge in [-0.2, -0.15) is 0 Å². The summed E-state index contributed by atoms with van der Waals surface area (Å²) in [5, 5.41) is 19.8. The van der Waals surface area contributed by atoms with Crippen LogP contribution in [0.4, 0.5) is 0 Å². The van der Waals surface area contributed by atoms with E-state index in [1.54, 1.807) is 44.2 Å². The number of fused-ring (bicyclic) bond motifs is 1. The van der Waals surface area contributed by atoms with Gasteiger partial charge in [0.15, 0.2) is 23.0 Å². The maximum Gasteiger partial charge on any atom is 0.327 e. The molecular weight excluding hydrogens is 871 g/mol. The molecule has 20 nitrogen and oxygen atoms in total. The van der Waals surface area contributed by atoms with Crippen molar-refractivity contribution < 1.29 is 72.0 Å². The number of carboxylic acids is 1. The summed E-state index contributed by atoms with van der Waals surface area (Å²) in [6.45, 7) is 7.78. The van der Waals surface area contributed by atoms with Crippen LogP contribution in [-0.4, -0.2) is 104 Å². The fraction of sp³-hybridized carbons (Fsp3) is 0.364. The number of nitrogens with zero attached hydrogens (tertiary/aromatic N) is 1. The Bertz CT molecular complexity index is 2410. The lowest BCUT2D eigenvalue weighted by Crippen LogP contribution is -2.71. The van der Waals surface area contributed by atoms with E-state index in [0.717, 1.165) is 27.7 Å². The summed E-state index contributed by atoms with van der Waals surface area (Å²) in [6, 6.07) is 11.0. The Morgan fingerprint density at radius 3 is 1.75 bits per heavy atom. The van der Waals surface area contributed by atoms with Crippen molar-refractivity contribution in [3.05, 3.63) is 83.4 Å². The van der Waals surface area contributed by atoms with E-state index in [1.165, 1.54) is 53.1 Å². The molecule has 0 saturated carbocycles. The predicted octanol–water partition coefficient (Wildman–Crippen LogP) is 2.58. The molecule has 5 atom stereocenters. The molecular formula is C44H47N5O15S. The maximum absolute atomic E-state index is 14.3. The average Bonchev–Trinajstić information content (AvgIpc) is 3.49. The van der Waals surface area contributed by atoms with E-state index >= 15 is 0 Å². The number of β-lactam (4-membered cyclic amide) rings is 1. The zero-order valence-electron chi connectivity index (χ0n) is 36.1. The normalized spacial score (nSPS) is 17.7. The number of aliphatic carboxylic acids is 1. The van der Waals surface area contributed by atoms with Gasteiger partial charge in [0.25, 0.3) is 11.8 Å². The van der Waals surface area contributed by atoms with E-state index < -0.39 is 99.4 Å². The molecule has 2 aliphatic heterocycles. The summed E-state index contributed by atoms with van der Waals surface area (Å²) in [7, 11) is 0. The highest BCUT2D eigenvalue weighted by atomic mass is 32.2. The topological polar surface area (TPSA) is 279 Å². The van der Waals surface area contributed by atoms with Crippen LogP contribution in [0.3, 0.4) is 0 Å². The van der Waals surface area contributed by atoms with Crippen LogP contribution >= 0.6 is 11.8 Å². The molecule has 21 heteroatoms. The van der Waals surface area contributed by atoms with Crippen LogP contribution in [0.25, 0.3) is 0 Å². The number of ether oxygens (including phenoxy) is 4. The van der Waals surface area contributed by atoms with Gasteiger partial charge in [-0.3, -0.25) is 43.2 Å². The fourth-order valence-electron chi connectivity index (χ4n) is 7.20. The molecule has 0 aliphatic carbocycles. The number of carbonyl (C=O) groups excluding carboxylic acids is 9. The highest BCUT2D eigenvalue weighted by Crippen LogP contribution is 2.51. The van der Waals surface area contributed by atoms with Crippen molar-refractivity contribution in [2.45, 2.75) is 95.1 Å². The molecule has 2 heterocycles. The lowest BCUT2D eigenvalue weighted by atomic mass is 9.95. The first-order chi connectivity index (χ1) is 30.7. The molecule has 3 aromatic carbocycles. The monoisotopic (exact) mass is 917 g/mol. The number of unbranched alkanes of at least 4 members (excludes halogenated alkanes) is 1. The number of esters is 4. The molecule has 5 amide bonds. The summed E-state index contributed by atoms with van der Waals surface area (Å²) in [5.41, 5.74) is -0.0955. The predicted molar refractivity (Wildman–Crippen MR) is 229 cm³/mol. The fourth-order valence-corrected chi connectivity index (χ4v) is 8.83. The number of hydrogen-bond acceptors (Lipinski definition) is 15. The van der Waals surface area contributed by atoms with E-state index in [0.29, 0.717) is 5.56 Å². The third-order valence-electron chi connectivity index (χ3n) is 9.93. The molecule has 2 fully saturated rings. The average molecular weight is 918 g/mol. The van der Waals surface area contributed by atoms with Gasteiger partial charge in [0.2, 0.25) is 17.7 Å². The highest BCUT2D eigenvalue weighted by Gasteiger charge is 2.64. The van der Waals surface area contributed by atoms with Crippen molar-refractivity contribution in [2.24, 2.45) is 0 Å². The van der Waals surface area contributed by atoms with Crippen molar-refractivity contribution in [1.29, 1.82) is 0 Å². The first kappa shape index (κ1) is 48.7. The first-order valence-electron chi connectivity index (χ1n) is 20.2. The van der Waals surface area contributed by atoms with Gasteiger partial charge >= 0.3 is 29.8 Å². The van der Waals surface area contributed by atoms with Crippen LogP contribution in [0.5, 0.6) is 23.0 Å². The minimum absolute atomic E-state index is 0.000343. The lowest BCUT2D eigenvalue weighted by Gasteiger charge is -2.44. The zero-order valence-corrected chi connectivity index (χ0v) is 36.9. The number of hydrogen-bond donors (Lipinski definition) is 5. The largest absolute Gasteiger partial charge is 0.480 e. The molecule has 344 valence electrons. The van der Waals surface area contributed by atoms with Gasteiger partial charge in [0.1, 0.15) is 29.5 Å². The van der Waals surface area contributed by atoms with Crippen LogP contribution in [0.15, 0.2) is 66.7 Å². The molecule has 0 radical (unpaired) electrons. The molecule has 2 aliphatic rings. The molecule has 0 spiro atoms. The summed E-state index contributed by atoms with van der Waals surface area (Å²) < 4.78 is 19.8. The Kier molecular flexibility index (Phi) is 15.7. The van der Waals surface area contributed by atoms with Gasteiger partial charge in [0, 0.05) is 39.0 Å². The maximum atomic E-state index is 14.3. The van der Waals surface area contributed by atoms with Crippen molar-refractivity contribution in [1.82, 2.24) is 26.2 Å². The second-order valence-corrected chi connectivity index (χ2v) is 17.1. The van der Waals surface area contributed by atoms with Gasteiger partial charge in [0.05, 0.1) is 11.1 Å². The van der Waals surface area contributed by atoms with E-state index in [4.69, 9.17) is 18.9 Å². The number of para-hydroxylation sites is 2. The Balaban J connectivity index is 1.37. The molecule has 0 bridgehead atoms. The quantitative estimate of drug-likeness (QED) is 0.0531. The van der Waals surface area contributed by atoms with Gasteiger partial charge in [-0.25, -0.2) is 4.79 Å². The van der Waals surface area contributed by atoms with Crippen molar-refractivity contribution in [3.8, 4) is 23.0 Å². The van der Waals surface area contributed by atoms with E-state index in [9.17, 15) is 53.1 Å². The standard InChI is InChI=1S/C44H47N5O15S/c1-22(50)61-30-19-12-16-27(34(30)63-24(3)52)37(54)45-21-11-10-18-29(46-38(55)28-17-13-20-31(62-23(2)51)35(28)64-25(4)53)39(56)47-32(26-14-8-7-9-15-26)40(57)48-33-41(58)49-36(43(59)60)44(5,6)65-42(33)49/h7-9,12-17,19-20,29,32-33,36,42H,10-11,18,21H2,1-6H3,(H,45,54)(H,46,55)(H,47,56)(H,48,57)(H,59,60)/t29?,32-,33?,36?,42?/m0/s1. The lowest BCUT2D eigenvalue weighted by molar-refractivity contribution is -0.161. The molecule has 4 unspecified atom stereocenters. The highest BCUT2D eigenvalue weighted by molar-refractivity contribution is 8.01. The molecule has 5 rings (SSSR count). The summed E-state index contributed by atoms with van der Waals surface area (Å²) in [4.78, 5) is 130. The number of carboxylic acid groups (broad SMARTS) is 1. The molecule has 65 heavy (non-hydrogen) atoms. The minimum Gasteiger partial charge on any atom is -0.480 e. The second-order valence-electron chi connectivity index (χ2n) is 15.4. The number of carbonyl (C=O) groups is 10. The summed E-state index contributed by atoms with van der Waals surface area (Å²) in [5.74, 6) is -9.30. The summed E-state index contributed by atoms with van der Waals surface area (Å²) in [6.07, 6.45) is 0.250. The number of thioether (sulfide) groups is 1. The molecule has 2 saturated heterocycles. The van der Waals surface area contributed by atoms with Crippen molar-refractivity contribution >= 4 is 71.1 Å². The van der Waals surface area contributed by atoms with Gasteiger partial charge < -0.3 is 50.2 Å². The van der Waals surface area contributed by atoms with Crippen LogP contribution in [0.1, 0.15) is 93.1 Å². The molecule has 5 N–H and O–H groups in total. The first-order valence-corrected chi connectivity index (χ1v) is 21.0. The van der Waals surface area contributed by atoms with Crippen LogP contribution in [-0.2, 0) is 38.4 Å². The SMILES string of the molecule is CC(=O)Oc1cccc(C(=O)NCCCCC(NC(=O)c2cccc(OC(C)=O)c2OC(C)=O)C(=O)N[C@H](C(=O)NC2C(=O)N3C2SC(C)(C)C3C(=O)O)c2ccccc2)c1OC(C)=O. The minimum atomic E-state index is -1.43. The number of amides is 5. The molecule has 0 aromatic heterocycles. The van der Waals surface area contributed by atoms with E-state index in [1.807, 2.05) is 0 Å². The van der Waals surface area contributed by atoms with Crippen LogP contribution in [0, 0.1) is 0 Å². The number of rotatable bonds is 18. The van der Waals surface area contributed by atoms with Gasteiger partial charge in [-0.15, -0.1) is 11.8 Å². The second kappa shape index (κ2) is 20.9. The smallest absolute Gasteiger partial charge is 0.327 e. The van der Waals surface area contributed by atoms with Crippen molar-refractivity contribution in [2.75, 3.05) is 6.54 Å². The van der Waals surface area contributed by atoms with Gasteiger partial charge in [-0.05, 0) is 62.9 Å². The Hall–Kier alpha value is -7.29. The van der Waals surface area contributed by atoms with E-state index in [-0.39, 0.29) is 54.2 Å². The number of benzene rings is 3. The van der Waals surface area contributed by atoms with Gasteiger partial charge in [-0.1, -0.05) is 42.5 Å². The molecule has 3 aromatic rings. The summed E-state index contributed by atoms with van der Waals surface area (Å²) >= 11 is 1.22. The van der Waals surface area contributed by atoms with Crippen molar-refractivity contribution in [3.63, 3.8) is 0 Å². The van der Waals surface area contributed by atoms with Crippen LogP contribution < -0.4 is 40.2 Å². The Labute approximate surface area is 376 Å². The van der Waals surface area contributed by atoms with E-state index in [2.05, 4.69) is 21.3 Å². The third-order valence-corrected chi connectivity index (χ3v) is 11.5. The number of nitrogens with one attached hydrogen (secondary N) is 4.